The van der Waals surface area contributed by atoms with E-state index in [4.69, 9.17) is 4.74 Å². The minimum atomic E-state index is -3.84. The molecule has 2 aromatic rings. The van der Waals surface area contributed by atoms with E-state index < -0.39 is 14.9 Å². The number of nitrogens with zero attached hydrogens (tertiary/aromatic N) is 2. The van der Waals surface area contributed by atoms with E-state index in [-0.39, 0.29) is 16.7 Å². The van der Waals surface area contributed by atoms with Gasteiger partial charge in [0, 0.05) is 17.7 Å². The van der Waals surface area contributed by atoms with Gasteiger partial charge in [0.2, 0.25) is 0 Å². The SMILES string of the molecule is CC(C)Oc1ccc(S(=O)(=O)N/N=C/c2cccc([N+](=O)[O-])c2)cc1. The predicted octanol–water partition coefficient (Wildman–Crippen LogP) is 2.69. The predicted molar refractivity (Wildman–Crippen MR) is 93.2 cm³/mol. The highest BCUT2D eigenvalue weighted by Gasteiger charge is 2.13. The molecular formula is C16H17N3O5S. The van der Waals surface area contributed by atoms with E-state index in [0.717, 1.165) is 0 Å². The Morgan fingerprint density at radius 3 is 2.48 bits per heavy atom. The number of hydrogen-bond donors (Lipinski definition) is 1. The molecule has 2 rings (SSSR count). The number of nitrogens with one attached hydrogen (secondary N) is 1. The number of nitro groups is 1. The van der Waals surface area contributed by atoms with Crippen LogP contribution in [-0.2, 0) is 10.0 Å². The van der Waals surface area contributed by atoms with Crippen LogP contribution in [-0.4, -0.2) is 25.7 Å². The Kier molecular flexibility index (Phi) is 5.71. The second-order valence-electron chi connectivity index (χ2n) is 5.34. The maximum atomic E-state index is 12.2. The van der Waals surface area contributed by atoms with E-state index in [9.17, 15) is 18.5 Å². The molecule has 0 aliphatic heterocycles. The molecule has 1 N–H and O–H groups in total. The third kappa shape index (κ3) is 5.28. The van der Waals surface area contributed by atoms with Crippen LogP contribution in [0.15, 0.2) is 58.5 Å². The molecule has 0 aromatic heterocycles. The highest BCUT2D eigenvalue weighted by atomic mass is 32.2. The lowest BCUT2D eigenvalue weighted by atomic mass is 10.2. The molecule has 0 saturated heterocycles. The van der Waals surface area contributed by atoms with Crippen LogP contribution in [0, 0.1) is 10.1 Å². The van der Waals surface area contributed by atoms with Crippen molar-refractivity contribution in [2.75, 3.05) is 0 Å². The van der Waals surface area contributed by atoms with E-state index >= 15 is 0 Å². The lowest BCUT2D eigenvalue weighted by Gasteiger charge is -2.10. The zero-order valence-electron chi connectivity index (χ0n) is 13.6. The number of rotatable bonds is 7. The molecule has 0 unspecified atom stereocenters. The van der Waals surface area contributed by atoms with E-state index in [0.29, 0.717) is 11.3 Å². The second-order valence-corrected chi connectivity index (χ2v) is 7.00. The van der Waals surface area contributed by atoms with Crippen LogP contribution in [0.1, 0.15) is 19.4 Å². The molecule has 0 aliphatic carbocycles. The Hall–Kier alpha value is -2.94. The fourth-order valence-electron chi connectivity index (χ4n) is 1.91. The summed E-state index contributed by atoms with van der Waals surface area (Å²) in [5.41, 5.74) is 0.296. The fraction of sp³-hybridized carbons (Fsp3) is 0.188. The summed E-state index contributed by atoms with van der Waals surface area (Å²) in [6, 6.07) is 11.6. The average molecular weight is 363 g/mol. The van der Waals surface area contributed by atoms with Crippen LogP contribution in [0.3, 0.4) is 0 Å². The van der Waals surface area contributed by atoms with Gasteiger partial charge in [0.25, 0.3) is 15.7 Å². The maximum Gasteiger partial charge on any atom is 0.276 e. The number of hydrazone groups is 1. The lowest BCUT2D eigenvalue weighted by molar-refractivity contribution is -0.384. The number of sulfonamides is 1. The van der Waals surface area contributed by atoms with Gasteiger partial charge in [0.1, 0.15) is 5.75 Å². The summed E-state index contributed by atoms with van der Waals surface area (Å²) >= 11 is 0. The third-order valence-corrected chi connectivity index (χ3v) is 4.21. The molecule has 0 radical (unpaired) electrons. The van der Waals surface area contributed by atoms with Gasteiger partial charge in [-0.25, -0.2) is 4.83 Å². The smallest absolute Gasteiger partial charge is 0.276 e. The Bertz CT molecular complexity index is 877. The van der Waals surface area contributed by atoms with Crippen LogP contribution in [0.25, 0.3) is 0 Å². The van der Waals surface area contributed by atoms with Gasteiger partial charge in [-0.15, -0.1) is 0 Å². The number of non-ortho nitro benzene ring substituents is 1. The summed E-state index contributed by atoms with van der Waals surface area (Å²) in [5, 5.41) is 14.3. The van der Waals surface area contributed by atoms with Crippen molar-refractivity contribution in [3.8, 4) is 5.75 Å². The zero-order chi connectivity index (χ0) is 18.4. The Morgan fingerprint density at radius 2 is 1.88 bits per heavy atom. The monoisotopic (exact) mass is 363 g/mol. The summed E-state index contributed by atoms with van der Waals surface area (Å²) in [4.78, 5) is 12.3. The van der Waals surface area contributed by atoms with Crippen molar-refractivity contribution in [1.82, 2.24) is 4.83 Å². The summed E-state index contributed by atoms with van der Waals surface area (Å²) in [5.74, 6) is 0.564. The summed E-state index contributed by atoms with van der Waals surface area (Å²) in [6.45, 7) is 3.74. The summed E-state index contributed by atoms with van der Waals surface area (Å²) in [6.07, 6.45) is 1.18. The standard InChI is InChI=1S/C16H17N3O5S/c1-12(2)24-15-6-8-16(9-7-15)25(22,23)18-17-11-13-4-3-5-14(10-13)19(20)21/h3-12,18H,1-2H3/b17-11+. The molecule has 0 amide bonds. The Labute approximate surface area is 145 Å². The van der Waals surface area contributed by atoms with Gasteiger partial charge in [-0.05, 0) is 38.1 Å². The number of benzene rings is 2. The normalized spacial score (nSPS) is 11.6. The molecular weight excluding hydrogens is 346 g/mol. The molecule has 0 bridgehead atoms. The molecule has 132 valence electrons. The summed E-state index contributed by atoms with van der Waals surface area (Å²) < 4.78 is 29.8. The fourth-order valence-corrected chi connectivity index (χ4v) is 2.70. The highest BCUT2D eigenvalue weighted by molar-refractivity contribution is 7.89. The largest absolute Gasteiger partial charge is 0.491 e. The van der Waals surface area contributed by atoms with Crippen molar-refractivity contribution in [3.05, 3.63) is 64.2 Å². The summed E-state index contributed by atoms with van der Waals surface area (Å²) in [7, 11) is -3.84. The van der Waals surface area contributed by atoms with Gasteiger partial charge in [0.05, 0.1) is 22.1 Å². The van der Waals surface area contributed by atoms with E-state index in [1.54, 1.807) is 18.2 Å². The topological polar surface area (TPSA) is 111 Å². The van der Waals surface area contributed by atoms with E-state index in [1.807, 2.05) is 13.8 Å². The van der Waals surface area contributed by atoms with Gasteiger partial charge < -0.3 is 4.74 Å². The van der Waals surface area contributed by atoms with Crippen molar-refractivity contribution in [3.63, 3.8) is 0 Å². The average Bonchev–Trinajstić information content (AvgIpc) is 2.55. The second kappa shape index (κ2) is 7.75. The molecule has 0 heterocycles. The van der Waals surface area contributed by atoms with Gasteiger partial charge in [-0.2, -0.15) is 13.5 Å². The van der Waals surface area contributed by atoms with Gasteiger partial charge >= 0.3 is 0 Å². The molecule has 25 heavy (non-hydrogen) atoms. The number of nitro benzene ring substituents is 1. The number of hydrogen-bond acceptors (Lipinski definition) is 6. The van der Waals surface area contributed by atoms with Crippen LogP contribution < -0.4 is 9.57 Å². The quantitative estimate of drug-likeness (QED) is 0.462. The van der Waals surface area contributed by atoms with Gasteiger partial charge in [0.15, 0.2) is 0 Å². The van der Waals surface area contributed by atoms with Crippen LogP contribution in [0.5, 0.6) is 5.75 Å². The first kappa shape index (κ1) is 18.4. The van der Waals surface area contributed by atoms with Crippen LogP contribution in [0.2, 0.25) is 0 Å². The van der Waals surface area contributed by atoms with Crippen molar-refractivity contribution in [2.24, 2.45) is 5.10 Å². The lowest BCUT2D eigenvalue weighted by Crippen LogP contribution is -2.18. The van der Waals surface area contributed by atoms with E-state index in [2.05, 4.69) is 9.93 Å². The highest BCUT2D eigenvalue weighted by Crippen LogP contribution is 2.17. The van der Waals surface area contributed by atoms with Crippen molar-refractivity contribution < 1.29 is 18.1 Å². The first-order chi connectivity index (χ1) is 11.8. The molecule has 0 saturated carbocycles. The van der Waals surface area contributed by atoms with Crippen LogP contribution >= 0.6 is 0 Å². The first-order valence-electron chi connectivity index (χ1n) is 7.34. The van der Waals surface area contributed by atoms with Gasteiger partial charge in [-0.3, -0.25) is 10.1 Å². The van der Waals surface area contributed by atoms with Crippen molar-refractivity contribution >= 4 is 21.9 Å². The molecule has 8 nitrogen and oxygen atoms in total. The maximum absolute atomic E-state index is 12.2. The number of ether oxygens (including phenoxy) is 1. The van der Waals surface area contributed by atoms with Crippen molar-refractivity contribution in [1.29, 1.82) is 0 Å². The molecule has 0 fully saturated rings. The van der Waals surface area contributed by atoms with E-state index in [1.165, 1.54) is 36.5 Å². The molecule has 0 atom stereocenters. The zero-order valence-corrected chi connectivity index (χ0v) is 14.4. The Balaban J connectivity index is 2.08. The van der Waals surface area contributed by atoms with Crippen molar-refractivity contribution in [2.45, 2.75) is 24.8 Å². The van der Waals surface area contributed by atoms with Gasteiger partial charge in [-0.1, -0.05) is 12.1 Å². The van der Waals surface area contributed by atoms with Crippen LogP contribution in [0.4, 0.5) is 5.69 Å². The minimum absolute atomic E-state index is 0.0138. The molecule has 0 spiro atoms. The molecule has 9 heteroatoms. The Morgan fingerprint density at radius 1 is 1.20 bits per heavy atom. The third-order valence-electron chi connectivity index (χ3n) is 2.97. The first-order valence-corrected chi connectivity index (χ1v) is 8.82. The molecule has 0 aliphatic rings. The minimum Gasteiger partial charge on any atom is -0.491 e. The molecule has 2 aromatic carbocycles.